The van der Waals surface area contributed by atoms with Gasteiger partial charge in [-0.15, -0.1) is 0 Å². The van der Waals surface area contributed by atoms with Gasteiger partial charge in [-0.3, -0.25) is 0 Å². The third-order valence-electron chi connectivity index (χ3n) is 1.47. The lowest BCUT2D eigenvalue weighted by molar-refractivity contribution is -0.342. The lowest BCUT2D eigenvalue weighted by Gasteiger charge is -1.97. The van der Waals surface area contributed by atoms with E-state index in [2.05, 4.69) is 26.5 Å². The van der Waals surface area contributed by atoms with Crippen molar-refractivity contribution in [2.24, 2.45) is 5.10 Å². The molecule has 0 radical (unpaired) electrons. The third-order valence-corrected chi connectivity index (χ3v) is 1.93. The largest absolute Gasteiger partial charge is 0.430 e. The van der Waals surface area contributed by atoms with Crippen LogP contribution in [-0.2, 0) is 0 Å². The van der Waals surface area contributed by atoms with Gasteiger partial charge in [0.25, 0.3) is 0 Å². The Labute approximate surface area is 93.5 Å². The summed E-state index contributed by atoms with van der Waals surface area (Å²) in [6.07, 6.45) is 0. The van der Waals surface area contributed by atoms with E-state index in [1.807, 2.05) is 6.07 Å². The smallest absolute Gasteiger partial charge is 0.357 e. The highest BCUT2D eigenvalue weighted by atomic mass is 79.9. The number of hydrogen-bond donors (Lipinski definition) is 1. The monoisotopic (exact) mass is 268 g/mol. The SMILES string of the molecule is N#Cc1ccccc1N/N=C(/Br)[N+](=O)[O-]. The lowest BCUT2D eigenvalue weighted by Crippen LogP contribution is -2.06. The van der Waals surface area contributed by atoms with Gasteiger partial charge in [0.15, 0.2) is 0 Å². The summed E-state index contributed by atoms with van der Waals surface area (Å²) in [4.78, 5) is 9.51. The van der Waals surface area contributed by atoms with Gasteiger partial charge in [-0.05, 0) is 17.1 Å². The minimum atomic E-state index is -0.692. The summed E-state index contributed by atoms with van der Waals surface area (Å²) in [5.74, 6) is 0. The van der Waals surface area contributed by atoms with Gasteiger partial charge in [-0.25, -0.2) is 0 Å². The summed E-state index contributed by atoms with van der Waals surface area (Å²) in [6.45, 7) is 0. The summed E-state index contributed by atoms with van der Waals surface area (Å²) in [5.41, 5.74) is 3.20. The van der Waals surface area contributed by atoms with Crippen LogP contribution in [-0.4, -0.2) is 9.67 Å². The molecule has 6 nitrogen and oxygen atoms in total. The van der Waals surface area contributed by atoms with Crippen molar-refractivity contribution in [1.29, 1.82) is 5.26 Å². The van der Waals surface area contributed by atoms with Crippen LogP contribution in [0.25, 0.3) is 0 Å². The number of nitriles is 1. The van der Waals surface area contributed by atoms with Crippen LogP contribution in [0.2, 0.25) is 0 Å². The van der Waals surface area contributed by atoms with E-state index in [0.717, 1.165) is 0 Å². The highest BCUT2D eigenvalue weighted by Crippen LogP contribution is 2.13. The molecule has 0 aliphatic rings. The summed E-state index contributed by atoms with van der Waals surface area (Å²) in [6, 6.07) is 8.50. The van der Waals surface area contributed by atoms with Crippen molar-refractivity contribution in [3.8, 4) is 6.07 Å². The molecule has 1 aromatic rings. The van der Waals surface area contributed by atoms with Crippen LogP contribution in [0, 0.1) is 21.4 Å². The Morgan fingerprint density at radius 2 is 2.27 bits per heavy atom. The predicted octanol–water partition coefficient (Wildman–Crippen LogP) is 1.91. The number of para-hydroxylation sites is 1. The average molecular weight is 269 g/mol. The Balaban J connectivity index is 2.87. The summed E-state index contributed by atoms with van der Waals surface area (Å²) < 4.78 is -0.449. The fourth-order valence-electron chi connectivity index (χ4n) is 0.825. The van der Waals surface area contributed by atoms with E-state index < -0.39 is 9.67 Å². The van der Waals surface area contributed by atoms with Gasteiger partial charge in [0.2, 0.25) is 0 Å². The molecule has 0 heterocycles. The first-order valence-electron chi connectivity index (χ1n) is 3.78. The molecule has 0 saturated heterocycles. The van der Waals surface area contributed by atoms with E-state index in [0.29, 0.717) is 11.3 Å². The average Bonchev–Trinajstić information content (AvgIpc) is 2.26. The third kappa shape index (κ3) is 3.03. The van der Waals surface area contributed by atoms with E-state index in [9.17, 15) is 10.1 Å². The van der Waals surface area contributed by atoms with Gasteiger partial charge < -0.3 is 10.1 Å². The molecule has 15 heavy (non-hydrogen) atoms. The van der Waals surface area contributed by atoms with Gasteiger partial charge >= 0.3 is 4.74 Å². The minimum absolute atomic E-state index is 0.366. The first kappa shape index (κ1) is 11.1. The van der Waals surface area contributed by atoms with Gasteiger partial charge in [-0.2, -0.15) is 10.7 Å². The lowest BCUT2D eigenvalue weighted by atomic mass is 10.2. The molecule has 0 atom stereocenters. The van der Waals surface area contributed by atoms with Crippen LogP contribution >= 0.6 is 15.9 Å². The van der Waals surface area contributed by atoms with Crippen molar-refractivity contribution < 1.29 is 4.92 Å². The Bertz CT molecular complexity index is 452. The second kappa shape index (κ2) is 5.07. The molecule has 1 rings (SSSR count). The number of hydrazone groups is 1. The zero-order chi connectivity index (χ0) is 11.3. The van der Waals surface area contributed by atoms with Gasteiger partial charge in [0.05, 0.1) is 32.3 Å². The predicted molar refractivity (Wildman–Crippen MR) is 58.1 cm³/mol. The molecule has 0 aromatic heterocycles. The van der Waals surface area contributed by atoms with Crippen molar-refractivity contribution in [2.75, 3.05) is 5.43 Å². The normalized spacial score (nSPS) is 10.5. The number of nitrogens with one attached hydrogen (secondary N) is 1. The number of rotatable bonds is 2. The molecular formula is C8H5BrN4O2. The molecular weight excluding hydrogens is 264 g/mol. The van der Waals surface area contributed by atoms with Gasteiger partial charge in [0.1, 0.15) is 6.07 Å². The number of benzene rings is 1. The number of nitrogens with zero attached hydrogens (tertiary/aromatic N) is 3. The Kier molecular flexibility index (Phi) is 3.76. The van der Waals surface area contributed by atoms with Crippen molar-refractivity contribution in [1.82, 2.24) is 0 Å². The van der Waals surface area contributed by atoms with Crippen LogP contribution in [0.5, 0.6) is 0 Å². The quantitative estimate of drug-likeness (QED) is 0.292. The molecule has 1 N–H and O–H groups in total. The highest BCUT2D eigenvalue weighted by Gasteiger charge is 2.07. The first-order chi connectivity index (χ1) is 7.15. The minimum Gasteiger partial charge on any atom is -0.357 e. The molecule has 0 aliphatic heterocycles. The molecule has 0 saturated carbocycles. The number of anilines is 1. The molecule has 1 aromatic carbocycles. The number of halogens is 1. The Hall–Kier alpha value is -1.94. The maximum Gasteiger partial charge on any atom is 0.430 e. The molecule has 0 bridgehead atoms. The van der Waals surface area contributed by atoms with E-state index in [-0.39, 0.29) is 0 Å². The van der Waals surface area contributed by atoms with Crippen molar-refractivity contribution in [3.05, 3.63) is 39.9 Å². The number of nitro groups is 1. The summed E-state index contributed by atoms with van der Waals surface area (Å²) in [5, 5.41) is 22.3. The van der Waals surface area contributed by atoms with Gasteiger partial charge in [0, 0.05) is 0 Å². The molecule has 0 fully saturated rings. The molecule has 0 unspecified atom stereocenters. The number of amidine groups is 1. The fraction of sp³-hybridized carbons (Fsp3) is 0. The van der Waals surface area contributed by atoms with E-state index in [4.69, 9.17) is 5.26 Å². The zero-order valence-corrected chi connectivity index (χ0v) is 8.93. The molecule has 0 spiro atoms. The maximum atomic E-state index is 10.2. The van der Waals surface area contributed by atoms with Crippen LogP contribution in [0.1, 0.15) is 5.56 Å². The molecule has 76 valence electrons. The zero-order valence-electron chi connectivity index (χ0n) is 7.35. The molecule has 7 heteroatoms. The van der Waals surface area contributed by atoms with Crippen molar-refractivity contribution in [2.45, 2.75) is 0 Å². The topological polar surface area (TPSA) is 91.3 Å². The van der Waals surface area contributed by atoms with Crippen molar-refractivity contribution >= 4 is 26.4 Å². The second-order valence-corrected chi connectivity index (χ2v) is 3.12. The highest BCUT2D eigenvalue weighted by molar-refractivity contribution is 9.18. The van der Waals surface area contributed by atoms with Crippen LogP contribution in [0.3, 0.4) is 0 Å². The fourth-order valence-corrected chi connectivity index (χ4v) is 0.914. The van der Waals surface area contributed by atoms with E-state index in [1.54, 1.807) is 24.3 Å². The van der Waals surface area contributed by atoms with E-state index >= 15 is 0 Å². The van der Waals surface area contributed by atoms with E-state index in [1.165, 1.54) is 0 Å². The van der Waals surface area contributed by atoms with Gasteiger partial charge in [-0.1, -0.05) is 12.1 Å². The number of hydrogen-bond acceptors (Lipinski definition) is 5. The first-order valence-corrected chi connectivity index (χ1v) is 4.57. The van der Waals surface area contributed by atoms with Crippen LogP contribution < -0.4 is 5.43 Å². The standard InChI is InChI=1S/C8H5BrN4O2/c9-8(13(14)15)12-11-7-4-2-1-3-6(7)5-10/h1-4,11H/b12-8-. The van der Waals surface area contributed by atoms with Crippen LogP contribution in [0.15, 0.2) is 29.4 Å². The Morgan fingerprint density at radius 3 is 2.87 bits per heavy atom. The summed E-state index contributed by atoms with van der Waals surface area (Å²) in [7, 11) is 0. The molecule has 0 amide bonds. The maximum absolute atomic E-state index is 10.2. The van der Waals surface area contributed by atoms with Crippen molar-refractivity contribution in [3.63, 3.8) is 0 Å². The summed E-state index contributed by atoms with van der Waals surface area (Å²) >= 11 is 2.65. The molecule has 0 aliphatic carbocycles. The Morgan fingerprint density at radius 1 is 1.60 bits per heavy atom. The van der Waals surface area contributed by atoms with Crippen LogP contribution in [0.4, 0.5) is 5.69 Å². The second-order valence-electron chi connectivity index (χ2n) is 2.41.